The van der Waals surface area contributed by atoms with Crippen LogP contribution in [0.2, 0.25) is 0 Å². The lowest BCUT2D eigenvalue weighted by molar-refractivity contribution is -0.143. The fourth-order valence-electron chi connectivity index (χ4n) is 3.13. The molecule has 2 N–H and O–H groups in total. The summed E-state index contributed by atoms with van der Waals surface area (Å²) in [7, 11) is 0. The first-order chi connectivity index (χ1) is 12.1. The van der Waals surface area contributed by atoms with E-state index >= 15 is 0 Å². The summed E-state index contributed by atoms with van der Waals surface area (Å²) in [4.78, 5) is 14.7. The lowest BCUT2D eigenvalue weighted by atomic mass is 9.93. The molecular weight excluding hydrogens is 355 g/mol. The normalized spacial score (nSPS) is 19.3. The molecule has 0 aliphatic carbocycles. The van der Waals surface area contributed by atoms with E-state index < -0.39 is 0 Å². The average Bonchev–Trinajstić information content (AvgIpc) is 2.67. The molecule has 1 amide bonds. The second-order valence-corrected chi connectivity index (χ2v) is 6.42. The number of carbonyl (C=O) groups is 1. The van der Waals surface area contributed by atoms with Crippen LogP contribution in [0.3, 0.4) is 0 Å². The number of rotatable bonds is 4. The first-order valence-electron chi connectivity index (χ1n) is 8.52. The van der Waals surface area contributed by atoms with Gasteiger partial charge in [-0.1, -0.05) is 49.4 Å². The van der Waals surface area contributed by atoms with Crippen LogP contribution < -0.4 is 5.73 Å². The van der Waals surface area contributed by atoms with Gasteiger partial charge in [-0.15, -0.1) is 12.4 Å². The third-order valence-electron chi connectivity index (χ3n) is 4.73. The number of nitrogens with two attached hydrogens (primary N) is 1. The second kappa shape index (κ2) is 9.12. The van der Waals surface area contributed by atoms with Crippen LogP contribution in [0.25, 0.3) is 0 Å². The van der Waals surface area contributed by atoms with Crippen molar-refractivity contribution in [3.8, 4) is 0 Å². The minimum absolute atomic E-state index is 0. The van der Waals surface area contributed by atoms with E-state index in [9.17, 15) is 9.18 Å². The molecule has 2 aromatic carbocycles. The van der Waals surface area contributed by atoms with Crippen molar-refractivity contribution in [1.82, 2.24) is 4.90 Å². The Balaban J connectivity index is 0.00000243. The van der Waals surface area contributed by atoms with Gasteiger partial charge in [0.1, 0.15) is 11.9 Å². The van der Waals surface area contributed by atoms with Crippen molar-refractivity contribution in [1.29, 1.82) is 0 Å². The van der Waals surface area contributed by atoms with Gasteiger partial charge in [-0.05, 0) is 23.3 Å². The van der Waals surface area contributed by atoms with Crippen LogP contribution in [0.4, 0.5) is 4.39 Å². The van der Waals surface area contributed by atoms with Crippen LogP contribution in [-0.4, -0.2) is 30.5 Å². The van der Waals surface area contributed by atoms with E-state index in [1.54, 1.807) is 17.0 Å². The second-order valence-electron chi connectivity index (χ2n) is 6.42. The van der Waals surface area contributed by atoms with Gasteiger partial charge in [0.25, 0.3) is 0 Å². The predicted molar refractivity (Wildman–Crippen MR) is 101 cm³/mol. The Morgan fingerprint density at radius 1 is 1.19 bits per heavy atom. The molecular formula is C20H24ClFN2O2. The Labute approximate surface area is 159 Å². The maximum Gasteiger partial charge on any atom is 0.227 e. The van der Waals surface area contributed by atoms with Crippen LogP contribution in [0.5, 0.6) is 0 Å². The maximum atomic E-state index is 13.1. The van der Waals surface area contributed by atoms with Crippen molar-refractivity contribution in [2.75, 3.05) is 19.7 Å². The van der Waals surface area contributed by atoms with Crippen LogP contribution >= 0.6 is 12.4 Å². The van der Waals surface area contributed by atoms with E-state index in [4.69, 9.17) is 10.5 Å². The number of halogens is 2. The van der Waals surface area contributed by atoms with E-state index in [0.717, 1.165) is 11.1 Å². The van der Waals surface area contributed by atoms with E-state index in [0.29, 0.717) is 19.7 Å². The third kappa shape index (κ3) is 4.61. The topological polar surface area (TPSA) is 55.6 Å². The number of benzene rings is 2. The molecule has 1 aliphatic heterocycles. The largest absolute Gasteiger partial charge is 0.370 e. The fourth-order valence-corrected chi connectivity index (χ4v) is 3.13. The molecule has 0 spiro atoms. The van der Waals surface area contributed by atoms with Crippen molar-refractivity contribution < 1.29 is 13.9 Å². The van der Waals surface area contributed by atoms with Gasteiger partial charge in [-0.3, -0.25) is 4.79 Å². The maximum absolute atomic E-state index is 13.1. The number of nitrogens with zero attached hydrogens (tertiary/aromatic N) is 1. The molecule has 3 rings (SSSR count). The van der Waals surface area contributed by atoms with Crippen LogP contribution in [-0.2, 0) is 9.53 Å². The zero-order chi connectivity index (χ0) is 17.8. The van der Waals surface area contributed by atoms with Gasteiger partial charge in [0.05, 0.1) is 19.1 Å². The molecule has 4 nitrogen and oxygen atoms in total. The molecule has 0 bridgehead atoms. The molecule has 0 radical (unpaired) electrons. The highest BCUT2D eigenvalue weighted by Crippen LogP contribution is 2.26. The van der Waals surface area contributed by atoms with Gasteiger partial charge in [-0.2, -0.15) is 0 Å². The highest BCUT2D eigenvalue weighted by molar-refractivity contribution is 5.85. The molecule has 3 unspecified atom stereocenters. The number of ether oxygens (including phenoxy) is 1. The summed E-state index contributed by atoms with van der Waals surface area (Å²) in [5.41, 5.74) is 8.11. The molecule has 1 heterocycles. The van der Waals surface area contributed by atoms with Gasteiger partial charge in [0.15, 0.2) is 0 Å². The molecule has 3 atom stereocenters. The summed E-state index contributed by atoms with van der Waals surface area (Å²) in [6.45, 7) is 3.32. The Morgan fingerprint density at radius 3 is 2.50 bits per heavy atom. The molecule has 26 heavy (non-hydrogen) atoms. The van der Waals surface area contributed by atoms with Crippen molar-refractivity contribution in [3.63, 3.8) is 0 Å². The highest BCUT2D eigenvalue weighted by atomic mass is 35.5. The van der Waals surface area contributed by atoms with Gasteiger partial charge >= 0.3 is 0 Å². The zero-order valence-corrected chi connectivity index (χ0v) is 15.5. The van der Waals surface area contributed by atoms with E-state index in [2.05, 4.69) is 0 Å². The van der Waals surface area contributed by atoms with Gasteiger partial charge < -0.3 is 15.4 Å². The zero-order valence-electron chi connectivity index (χ0n) is 14.7. The van der Waals surface area contributed by atoms with Crippen LogP contribution in [0.15, 0.2) is 54.6 Å². The summed E-state index contributed by atoms with van der Waals surface area (Å²) >= 11 is 0. The number of morpholine rings is 1. The smallest absolute Gasteiger partial charge is 0.227 e. The molecule has 0 aromatic heterocycles. The molecule has 1 fully saturated rings. The first kappa shape index (κ1) is 20.4. The van der Waals surface area contributed by atoms with E-state index in [-0.39, 0.29) is 42.2 Å². The van der Waals surface area contributed by atoms with Crippen molar-refractivity contribution in [3.05, 3.63) is 71.5 Å². The van der Waals surface area contributed by atoms with Crippen LogP contribution in [0.1, 0.15) is 30.2 Å². The van der Waals surface area contributed by atoms with Crippen molar-refractivity contribution in [2.45, 2.75) is 19.1 Å². The van der Waals surface area contributed by atoms with Gasteiger partial charge in [-0.25, -0.2) is 4.39 Å². The highest BCUT2D eigenvalue weighted by Gasteiger charge is 2.31. The summed E-state index contributed by atoms with van der Waals surface area (Å²) < 4.78 is 18.9. The monoisotopic (exact) mass is 378 g/mol. The standard InChI is InChI=1S/C20H23FN2O2.ClH/c1-14(19(22)16-5-3-2-4-6-16)20(24)23-11-12-25-18(13-23)15-7-9-17(21)10-8-15;/h2-10,14,18-19H,11-13,22H2,1H3;1H. The minimum Gasteiger partial charge on any atom is -0.370 e. The van der Waals surface area contributed by atoms with Gasteiger partial charge in [0.2, 0.25) is 5.91 Å². The molecule has 6 heteroatoms. The number of carbonyl (C=O) groups excluding carboxylic acids is 1. The summed E-state index contributed by atoms with van der Waals surface area (Å²) in [6.07, 6.45) is -0.238. The van der Waals surface area contributed by atoms with Crippen molar-refractivity contribution in [2.24, 2.45) is 11.7 Å². The average molecular weight is 379 g/mol. The molecule has 1 aliphatic rings. The van der Waals surface area contributed by atoms with E-state index in [1.807, 2.05) is 37.3 Å². The van der Waals surface area contributed by atoms with Crippen molar-refractivity contribution >= 4 is 18.3 Å². The summed E-state index contributed by atoms with van der Waals surface area (Å²) in [5.74, 6) is -0.587. The SMILES string of the molecule is CC(C(=O)N1CCOC(c2ccc(F)cc2)C1)C(N)c1ccccc1.Cl. The number of hydrogen-bond donors (Lipinski definition) is 1. The molecule has 2 aromatic rings. The summed E-state index contributed by atoms with van der Waals surface area (Å²) in [5, 5.41) is 0. The third-order valence-corrected chi connectivity index (χ3v) is 4.73. The minimum atomic E-state index is -0.346. The molecule has 140 valence electrons. The lowest BCUT2D eigenvalue weighted by Gasteiger charge is -2.35. The quantitative estimate of drug-likeness (QED) is 0.886. The molecule has 0 saturated carbocycles. The fraction of sp³-hybridized carbons (Fsp3) is 0.350. The van der Waals surface area contributed by atoms with Gasteiger partial charge in [0, 0.05) is 12.6 Å². The van der Waals surface area contributed by atoms with E-state index in [1.165, 1.54) is 12.1 Å². The number of amides is 1. The predicted octanol–water partition coefficient (Wildman–Crippen LogP) is 3.48. The summed E-state index contributed by atoms with van der Waals surface area (Å²) in [6, 6.07) is 15.5. The first-order valence-corrected chi connectivity index (χ1v) is 8.52. The molecule has 1 saturated heterocycles. The lowest BCUT2D eigenvalue weighted by Crippen LogP contribution is -2.46. The Bertz CT molecular complexity index is 712. The Morgan fingerprint density at radius 2 is 1.85 bits per heavy atom. The number of hydrogen-bond acceptors (Lipinski definition) is 3. The Kier molecular flexibility index (Phi) is 7.14. The Hall–Kier alpha value is -1.95. The van der Waals surface area contributed by atoms with Crippen LogP contribution in [0, 0.1) is 11.7 Å².